The van der Waals surface area contributed by atoms with Crippen molar-refractivity contribution < 1.29 is 9.53 Å². The van der Waals surface area contributed by atoms with Crippen LogP contribution in [0.3, 0.4) is 0 Å². The highest BCUT2D eigenvalue weighted by Gasteiger charge is 1.97. The first-order valence-electron chi connectivity index (χ1n) is 2.58. The molecule has 0 aliphatic carbocycles. The second-order valence-electron chi connectivity index (χ2n) is 1.52. The van der Waals surface area contributed by atoms with Gasteiger partial charge in [0.15, 0.2) is 0 Å². The Labute approximate surface area is 55.3 Å². The lowest BCUT2D eigenvalue weighted by molar-refractivity contribution is 0.183. The lowest BCUT2D eigenvalue weighted by Gasteiger charge is -2.00. The van der Waals surface area contributed by atoms with Crippen LogP contribution in [-0.4, -0.2) is 13.5 Å². The molecule has 0 aliphatic rings. The maximum atomic E-state index is 10.4. The first-order valence-corrected chi connectivity index (χ1v) is 2.58. The van der Waals surface area contributed by atoms with Crippen LogP contribution < -0.4 is 5.23 Å². The minimum Gasteiger partial charge on any atom is -0.417 e. The van der Waals surface area contributed by atoms with Gasteiger partial charge in [-0.1, -0.05) is 13.4 Å². The average molecular weight is 126 g/mol. The van der Waals surface area contributed by atoms with E-state index < -0.39 is 6.09 Å². The molecule has 1 amide bonds. The molecule has 0 unspecified atom stereocenters. The topological polar surface area (TPSA) is 38.3 Å². The molecule has 49 valence electrons. The van der Waals surface area contributed by atoms with Crippen LogP contribution >= 0.6 is 0 Å². The van der Waals surface area contributed by atoms with Crippen molar-refractivity contribution in [2.45, 2.75) is 13.7 Å². The van der Waals surface area contributed by atoms with Gasteiger partial charge < -0.3 is 9.96 Å². The predicted molar refractivity (Wildman–Crippen MR) is 36.0 cm³/mol. The van der Waals surface area contributed by atoms with Crippen molar-refractivity contribution in [1.82, 2.24) is 5.23 Å². The minimum atomic E-state index is -0.495. The Bertz CT molecular complexity index is 124. The molecule has 9 heavy (non-hydrogen) atoms. The SMILES string of the molecule is C=C(C)OC(=O)N[B]C. The van der Waals surface area contributed by atoms with E-state index in [1.54, 1.807) is 13.7 Å². The summed E-state index contributed by atoms with van der Waals surface area (Å²) < 4.78 is 4.51. The first kappa shape index (κ1) is 8.07. The summed E-state index contributed by atoms with van der Waals surface area (Å²) in [5.74, 6) is 0.384. The zero-order valence-corrected chi connectivity index (χ0v) is 5.60. The fourth-order valence-electron chi connectivity index (χ4n) is 0.306. The highest BCUT2D eigenvalue weighted by molar-refractivity contribution is 6.34. The molecule has 0 heterocycles. The van der Waals surface area contributed by atoms with Gasteiger partial charge in [0.2, 0.25) is 7.41 Å². The fourth-order valence-corrected chi connectivity index (χ4v) is 0.306. The molecule has 0 saturated carbocycles. The molecule has 0 aliphatic heterocycles. The van der Waals surface area contributed by atoms with E-state index >= 15 is 0 Å². The Morgan fingerprint density at radius 1 is 1.78 bits per heavy atom. The molecule has 0 rings (SSSR count). The van der Waals surface area contributed by atoms with Crippen molar-refractivity contribution in [2.24, 2.45) is 0 Å². The summed E-state index contributed by atoms with van der Waals surface area (Å²) in [6, 6.07) is 0. The standard InChI is InChI=1S/C5H9BNO2/c1-4(2)9-5(8)7-6-3/h1H2,2-3H3,(H,7,8). The van der Waals surface area contributed by atoms with Crippen LogP contribution in [0.1, 0.15) is 6.92 Å². The number of carbonyl (C=O) groups is 1. The molecular formula is C5H9BNO2. The number of hydrogen-bond donors (Lipinski definition) is 1. The van der Waals surface area contributed by atoms with Gasteiger partial charge >= 0.3 is 6.09 Å². The summed E-state index contributed by atoms with van der Waals surface area (Å²) in [7, 11) is 1.49. The Balaban J connectivity index is 3.39. The average Bonchev–Trinajstić information content (AvgIpc) is 1.63. The Morgan fingerprint density at radius 2 is 2.33 bits per heavy atom. The monoisotopic (exact) mass is 126 g/mol. The largest absolute Gasteiger partial charge is 0.417 e. The van der Waals surface area contributed by atoms with E-state index in [1.807, 2.05) is 0 Å². The van der Waals surface area contributed by atoms with Crippen LogP contribution in [0.15, 0.2) is 12.3 Å². The fraction of sp³-hybridized carbons (Fsp3) is 0.400. The second-order valence-corrected chi connectivity index (χ2v) is 1.52. The highest BCUT2D eigenvalue weighted by atomic mass is 16.6. The van der Waals surface area contributed by atoms with Gasteiger partial charge in [0, 0.05) is 0 Å². The number of rotatable bonds is 2. The van der Waals surface area contributed by atoms with E-state index in [9.17, 15) is 4.79 Å². The van der Waals surface area contributed by atoms with E-state index in [1.165, 1.54) is 7.41 Å². The zero-order chi connectivity index (χ0) is 7.28. The molecule has 4 heteroatoms. The van der Waals surface area contributed by atoms with Crippen LogP contribution in [0.4, 0.5) is 4.79 Å². The first-order chi connectivity index (χ1) is 4.16. The van der Waals surface area contributed by atoms with Gasteiger partial charge in [0.1, 0.15) is 0 Å². The zero-order valence-electron chi connectivity index (χ0n) is 5.60. The van der Waals surface area contributed by atoms with Crippen LogP contribution in [0.2, 0.25) is 6.82 Å². The molecule has 0 aromatic heterocycles. The molecule has 1 radical (unpaired) electrons. The summed E-state index contributed by atoms with van der Waals surface area (Å²) in [6.07, 6.45) is -0.495. The molecule has 0 spiro atoms. The summed E-state index contributed by atoms with van der Waals surface area (Å²) in [6.45, 7) is 6.68. The normalized spacial score (nSPS) is 7.78. The molecule has 3 nitrogen and oxygen atoms in total. The van der Waals surface area contributed by atoms with Gasteiger partial charge in [0.05, 0.1) is 5.76 Å². The Kier molecular flexibility index (Phi) is 3.59. The molecule has 0 saturated heterocycles. The second kappa shape index (κ2) is 4.00. The third-order valence-electron chi connectivity index (χ3n) is 0.529. The summed E-state index contributed by atoms with van der Waals surface area (Å²) >= 11 is 0. The number of ether oxygens (including phenoxy) is 1. The van der Waals surface area contributed by atoms with Crippen molar-refractivity contribution in [3.63, 3.8) is 0 Å². The quantitative estimate of drug-likeness (QED) is 0.441. The summed E-state index contributed by atoms with van der Waals surface area (Å²) in [4.78, 5) is 10.4. The Morgan fingerprint density at radius 3 is 2.67 bits per heavy atom. The van der Waals surface area contributed by atoms with Crippen LogP contribution in [0, 0.1) is 0 Å². The number of carbonyl (C=O) groups excluding carboxylic acids is 1. The van der Waals surface area contributed by atoms with Crippen molar-refractivity contribution in [3.8, 4) is 0 Å². The molecule has 0 aromatic rings. The highest BCUT2D eigenvalue weighted by Crippen LogP contribution is 1.88. The van der Waals surface area contributed by atoms with Gasteiger partial charge in [-0.3, -0.25) is 0 Å². The van der Waals surface area contributed by atoms with E-state index in [4.69, 9.17) is 0 Å². The number of amides is 1. The molecule has 1 N–H and O–H groups in total. The maximum Gasteiger partial charge on any atom is 0.399 e. The van der Waals surface area contributed by atoms with Crippen molar-refractivity contribution >= 4 is 13.5 Å². The van der Waals surface area contributed by atoms with E-state index in [2.05, 4.69) is 16.5 Å². The third kappa shape index (κ3) is 4.94. The minimum absolute atomic E-state index is 0.384. The predicted octanol–water partition coefficient (Wildman–Crippen LogP) is 0.913. The lowest BCUT2D eigenvalue weighted by atomic mass is 10.0. The van der Waals surface area contributed by atoms with Gasteiger partial charge in [-0.2, -0.15) is 0 Å². The van der Waals surface area contributed by atoms with Gasteiger partial charge in [-0.15, -0.1) is 0 Å². The molecule has 0 aromatic carbocycles. The molecule has 0 atom stereocenters. The Hall–Kier alpha value is -0.925. The molecular weight excluding hydrogens is 117 g/mol. The number of nitrogens with one attached hydrogen (secondary N) is 1. The van der Waals surface area contributed by atoms with Gasteiger partial charge in [-0.25, -0.2) is 4.79 Å². The molecule has 0 bridgehead atoms. The summed E-state index contributed by atoms with van der Waals surface area (Å²) in [5, 5.41) is 2.33. The van der Waals surface area contributed by atoms with E-state index in [0.29, 0.717) is 5.76 Å². The van der Waals surface area contributed by atoms with Gasteiger partial charge in [-0.05, 0) is 6.92 Å². The lowest BCUT2D eigenvalue weighted by Crippen LogP contribution is -2.25. The van der Waals surface area contributed by atoms with E-state index in [-0.39, 0.29) is 0 Å². The van der Waals surface area contributed by atoms with Crippen LogP contribution in [0.25, 0.3) is 0 Å². The van der Waals surface area contributed by atoms with Crippen molar-refractivity contribution in [2.75, 3.05) is 0 Å². The maximum absolute atomic E-state index is 10.4. The van der Waals surface area contributed by atoms with E-state index in [0.717, 1.165) is 0 Å². The number of allylic oxidation sites excluding steroid dienone is 1. The van der Waals surface area contributed by atoms with Crippen LogP contribution in [-0.2, 0) is 4.74 Å². The van der Waals surface area contributed by atoms with Gasteiger partial charge in [0.25, 0.3) is 0 Å². The number of hydrogen-bond acceptors (Lipinski definition) is 2. The van der Waals surface area contributed by atoms with Crippen molar-refractivity contribution in [3.05, 3.63) is 12.3 Å². The van der Waals surface area contributed by atoms with Crippen molar-refractivity contribution in [1.29, 1.82) is 0 Å². The summed E-state index contributed by atoms with van der Waals surface area (Å²) in [5.41, 5.74) is 0. The molecule has 0 fully saturated rings. The van der Waals surface area contributed by atoms with Crippen LogP contribution in [0.5, 0.6) is 0 Å². The third-order valence-corrected chi connectivity index (χ3v) is 0.529. The smallest absolute Gasteiger partial charge is 0.399 e.